The molecule has 2 aromatic rings. The van der Waals surface area contributed by atoms with E-state index in [0.29, 0.717) is 6.04 Å². The van der Waals surface area contributed by atoms with Crippen LogP contribution in [0.4, 0.5) is 16.2 Å². The molecule has 6 heteroatoms. The van der Waals surface area contributed by atoms with E-state index in [9.17, 15) is 4.39 Å². The van der Waals surface area contributed by atoms with E-state index in [2.05, 4.69) is 26.8 Å². The summed E-state index contributed by atoms with van der Waals surface area (Å²) in [4.78, 5) is 15.5. The first-order valence-electron chi connectivity index (χ1n) is 8.73. The highest BCUT2D eigenvalue weighted by Gasteiger charge is 2.23. The third kappa shape index (κ3) is 4.45. The Hall–Kier alpha value is -2.21. The fraction of sp³-hybridized carbons (Fsp3) is 0.474. The molecule has 1 saturated heterocycles. The maximum Gasteiger partial charge on any atom is 0.226 e. The number of hydrogen-bond acceptors (Lipinski definition) is 5. The van der Waals surface area contributed by atoms with Crippen LogP contribution in [0.5, 0.6) is 0 Å². The van der Waals surface area contributed by atoms with Crippen LogP contribution in [0.1, 0.15) is 18.4 Å². The number of hydrogen-bond donors (Lipinski definition) is 0. The van der Waals surface area contributed by atoms with Crippen molar-refractivity contribution in [2.45, 2.75) is 25.4 Å². The minimum Gasteiger partial charge on any atom is -0.356 e. The third-order valence-electron chi connectivity index (χ3n) is 4.79. The second-order valence-electron chi connectivity index (χ2n) is 6.86. The monoisotopic (exact) mass is 343 g/mol. The first-order chi connectivity index (χ1) is 12.0. The molecule has 2 heterocycles. The molecular formula is C19H26FN5. The molecule has 0 unspecified atom stereocenters. The molecule has 0 bridgehead atoms. The topological polar surface area (TPSA) is 35.5 Å². The molecule has 1 aliphatic rings. The number of halogens is 1. The van der Waals surface area contributed by atoms with Crippen LogP contribution in [0.2, 0.25) is 0 Å². The number of nitrogens with zero attached hydrogens (tertiary/aromatic N) is 5. The molecule has 1 aromatic heterocycles. The average molecular weight is 343 g/mol. The van der Waals surface area contributed by atoms with E-state index in [4.69, 9.17) is 0 Å². The molecule has 0 radical (unpaired) electrons. The van der Waals surface area contributed by atoms with Gasteiger partial charge in [-0.15, -0.1) is 0 Å². The van der Waals surface area contributed by atoms with Gasteiger partial charge in [0, 0.05) is 53.0 Å². The number of rotatable bonds is 5. The lowest BCUT2D eigenvalue weighted by Gasteiger charge is -2.37. The Kier molecular flexibility index (Phi) is 5.48. The van der Waals surface area contributed by atoms with Gasteiger partial charge in [-0.3, -0.25) is 4.90 Å². The highest BCUT2D eigenvalue weighted by molar-refractivity contribution is 5.43. The van der Waals surface area contributed by atoms with Gasteiger partial charge in [0.2, 0.25) is 5.95 Å². The Bertz CT molecular complexity index is 698. The van der Waals surface area contributed by atoms with Crippen molar-refractivity contribution in [1.29, 1.82) is 0 Å². The van der Waals surface area contributed by atoms with Crippen LogP contribution in [0.3, 0.4) is 0 Å². The van der Waals surface area contributed by atoms with Crippen molar-refractivity contribution in [3.63, 3.8) is 0 Å². The van der Waals surface area contributed by atoms with Crippen LogP contribution in [0, 0.1) is 5.82 Å². The number of anilines is 2. The van der Waals surface area contributed by atoms with E-state index in [1.807, 2.05) is 37.3 Å². The number of benzene rings is 1. The summed E-state index contributed by atoms with van der Waals surface area (Å²) in [7, 11) is 6.00. The first kappa shape index (κ1) is 17.6. The molecule has 25 heavy (non-hydrogen) atoms. The lowest BCUT2D eigenvalue weighted by molar-refractivity contribution is 0.203. The van der Waals surface area contributed by atoms with Crippen molar-refractivity contribution in [2.75, 3.05) is 44.0 Å². The highest BCUT2D eigenvalue weighted by Crippen LogP contribution is 2.22. The number of likely N-dealkylation sites (tertiary alicyclic amines) is 1. The maximum absolute atomic E-state index is 13.3. The number of piperidine rings is 1. The Balaban J connectivity index is 1.57. The largest absolute Gasteiger partial charge is 0.356 e. The molecule has 0 amide bonds. The normalized spacial score (nSPS) is 16.0. The smallest absolute Gasteiger partial charge is 0.226 e. The van der Waals surface area contributed by atoms with Gasteiger partial charge in [-0.05, 0) is 36.6 Å². The van der Waals surface area contributed by atoms with Gasteiger partial charge in [-0.25, -0.2) is 9.37 Å². The van der Waals surface area contributed by atoms with Crippen LogP contribution in [-0.4, -0.2) is 55.1 Å². The van der Waals surface area contributed by atoms with Crippen molar-refractivity contribution in [3.8, 4) is 0 Å². The zero-order valence-corrected chi connectivity index (χ0v) is 15.2. The second-order valence-corrected chi connectivity index (χ2v) is 6.86. The van der Waals surface area contributed by atoms with Crippen LogP contribution >= 0.6 is 0 Å². The van der Waals surface area contributed by atoms with Crippen molar-refractivity contribution >= 4 is 11.8 Å². The molecule has 134 valence electrons. The zero-order valence-electron chi connectivity index (χ0n) is 15.2. The minimum atomic E-state index is -0.160. The summed E-state index contributed by atoms with van der Waals surface area (Å²) in [6.45, 7) is 2.83. The standard InChI is InChI=1S/C19H26FN5/c1-23(2)19-21-10-7-18(22-19)24(3)17-8-11-25(12-9-17)14-15-5-4-6-16(20)13-15/h4-7,10,13,17H,8-9,11-12,14H2,1-3H3. The summed E-state index contributed by atoms with van der Waals surface area (Å²) in [5.74, 6) is 1.53. The van der Waals surface area contributed by atoms with Gasteiger partial charge in [-0.2, -0.15) is 4.98 Å². The summed E-state index contributed by atoms with van der Waals surface area (Å²) in [5.41, 5.74) is 1.04. The predicted octanol–water partition coefficient (Wildman–Crippen LogP) is 2.78. The van der Waals surface area contributed by atoms with E-state index in [1.54, 1.807) is 12.1 Å². The van der Waals surface area contributed by atoms with Gasteiger partial charge in [0.05, 0.1) is 0 Å². The molecule has 1 aliphatic heterocycles. The van der Waals surface area contributed by atoms with Crippen LogP contribution in [0.25, 0.3) is 0 Å². The summed E-state index contributed by atoms with van der Waals surface area (Å²) >= 11 is 0. The van der Waals surface area contributed by atoms with Gasteiger partial charge in [0.15, 0.2) is 0 Å². The average Bonchev–Trinajstić information content (AvgIpc) is 2.62. The molecule has 1 aromatic carbocycles. The van der Waals surface area contributed by atoms with Crippen molar-refractivity contribution in [1.82, 2.24) is 14.9 Å². The lowest BCUT2D eigenvalue weighted by atomic mass is 10.0. The summed E-state index contributed by atoms with van der Waals surface area (Å²) < 4.78 is 13.3. The van der Waals surface area contributed by atoms with Crippen molar-refractivity contribution in [2.24, 2.45) is 0 Å². The van der Waals surface area contributed by atoms with E-state index in [-0.39, 0.29) is 5.82 Å². The second kappa shape index (κ2) is 7.78. The van der Waals surface area contributed by atoms with Crippen molar-refractivity contribution in [3.05, 3.63) is 47.9 Å². The third-order valence-corrected chi connectivity index (χ3v) is 4.79. The minimum absolute atomic E-state index is 0.160. The summed E-state index contributed by atoms with van der Waals surface area (Å²) in [6.07, 6.45) is 3.97. The van der Waals surface area contributed by atoms with Gasteiger partial charge in [0.1, 0.15) is 11.6 Å². The molecular weight excluding hydrogens is 317 g/mol. The summed E-state index contributed by atoms with van der Waals surface area (Å²) in [5, 5.41) is 0. The quantitative estimate of drug-likeness (QED) is 0.834. The Labute approximate surface area is 149 Å². The molecule has 5 nitrogen and oxygen atoms in total. The molecule has 0 N–H and O–H groups in total. The molecule has 3 rings (SSSR count). The van der Waals surface area contributed by atoms with Crippen LogP contribution < -0.4 is 9.80 Å². The fourth-order valence-electron chi connectivity index (χ4n) is 3.30. The van der Waals surface area contributed by atoms with Gasteiger partial charge in [-0.1, -0.05) is 12.1 Å². The van der Waals surface area contributed by atoms with E-state index >= 15 is 0 Å². The van der Waals surface area contributed by atoms with Crippen molar-refractivity contribution < 1.29 is 4.39 Å². The Morgan fingerprint density at radius 2 is 1.92 bits per heavy atom. The molecule has 0 atom stereocenters. The van der Waals surface area contributed by atoms with Gasteiger partial charge in [0.25, 0.3) is 0 Å². The molecule has 1 fully saturated rings. The molecule has 0 aliphatic carbocycles. The highest BCUT2D eigenvalue weighted by atomic mass is 19.1. The zero-order chi connectivity index (χ0) is 17.8. The SMILES string of the molecule is CN(C)c1nccc(N(C)C2CCN(Cc3cccc(F)c3)CC2)n1. The van der Waals surface area contributed by atoms with Gasteiger partial charge < -0.3 is 9.80 Å². The molecule has 0 spiro atoms. The molecule has 0 saturated carbocycles. The van der Waals surface area contributed by atoms with Crippen LogP contribution in [-0.2, 0) is 6.54 Å². The van der Waals surface area contributed by atoms with E-state index in [1.165, 1.54) is 6.07 Å². The van der Waals surface area contributed by atoms with E-state index in [0.717, 1.165) is 49.8 Å². The van der Waals surface area contributed by atoms with E-state index < -0.39 is 0 Å². The number of aromatic nitrogens is 2. The Morgan fingerprint density at radius 3 is 2.60 bits per heavy atom. The fourth-order valence-corrected chi connectivity index (χ4v) is 3.30. The first-order valence-corrected chi connectivity index (χ1v) is 8.73. The maximum atomic E-state index is 13.3. The summed E-state index contributed by atoms with van der Waals surface area (Å²) in [6, 6.07) is 9.32. The predicted molar refractivity (Wildman–Crippen MR) is 99.5 cm³/mol. The van der Waals surface area contributed by atoms with Crippen LogP contribution in [0.15, 0.2) is 36.5 Å². The van der Waals surface area contributed by atoms with Gasteiger partial charge >= 0.3 is 0 Å². The lowest BCUT2D eigenvalue weighted by Crippen LogP contribution is -2.43. The Morgan fingerprint density at radius 1 is 1.16 bits per heavy atom.